The molecule has 4 heterocycles. The molecule has 7 nitrogen and oxygen atoms in total. The molecule has 2 amide bonds. The Morgan fingerprint density at radius 3 is 2.88 bits per heavy atom. The van der Waals surface area contributed by atoms with Crippen LogP contribution in [0, 0.1) is 5.82 Å². The molecule has 32 heavy (non-hydrogen) atoms. The number of urea groups is 1. The first-order valence-corrected chi connectivity index (χ1v) is 11.1. The third-order valence-corrected chi connectivity index (χ3v) is 6.36. The Morgan fingerprint density at radius 2 is 2.03 bits per heavy atom. The molecule has 1 atom stereocenters. The third kappa shape index (κ3) is 4.36. The Morgan fingerprint density at radius 1 is 1.19 bits per heavy atom. The number of likely N-dealkylation sites (tertiary alicyclic amines) is 1. The van der Waals surface area contributed by atoms with Crippen molar-refractivity contribution in [3.8, 4) is 11.3 Å². The second-order valence-electron chi connectivity index (χ2n) is 8.55. The number of hydrogen-bond acceptors (Lipinski definition) is 4. The highest BCUT2D eigenvalue weighted by atomic mass is 19.1. The number of benzene rings is 1. The van der Waals surface area contributed by atoms with Gasteiger partial charge in [0.2, 0.25) is 0 Å². The fraction of sp³-hybridized carbons (Fsp3) is 0.375. The zero-order valence-electron chi connectivity index (χ0n) is 17.9. The molecule has 0 radical (unpaired) electrons. The molecular formula is C24H27FN6O. The molecule has 2 aromatic heterocycles. The lowest BCUT2D eigenvalue weighted by Crippen LogP contribution is -2.52. The molecule has 1 saturated heterocycles. The molecule has 1 unspecified atom stereocenters. The lowest BCUT2D eigenvalue weighted by Gasteiger charge is -2.35. The average Bonchev–Trinajstić information content (AvgIpc) is 3.25. The Bertz CT molecular complexity index is 1090. The van der Waals surface area contributed by atoms with Crippen molar-refractivity contribution >= 4 is 6.03 Å². The molecule has 2 N–H and O–H groups in total. The number of nitrogens with one attached hydrogen (secondary N) is 2. The quantitative estimate of drug-likeness (QED) is 0.660. The number of fused-ring (bicyclic) bond motifs is 1. The van der Waals surface area contributed by atoms with Crippen molar-refractivity contribution in [2.24, 2.45) is 0 Å². The van der Waals surface area contributed by atoms with Crippen LogP contribution in [-0.2, 0) is 19.5 Å². The van der Waals surface area contributed by atoms with E-state index in [0.717, 1.165) is 54.9 Å². The first kappa shape index (κ1) is 20.6. The zero-order chi connectivity index (χ0) is 21.9. The molecule has 5 rings (SSSR count). The smallest absolute Gasteiger partial charge is 0.317 e. The van der Waals surface area contributed by atoms with E-state index in [1.165, 1.54) is 6.07 Å². The average molecular weight is 435 g/mol. The van der Waals surface area contributed by atoms with Crippen LogP contribution in [0.15, 0.2) is 48.8 Å². The number of carbonyl (C=O) groups is 1. The van der Waals surface area contributed by atoms with Gasteiger partial charge in [0.05, 0.1) is 12.2 Å². The zero-order valence-corrected chi connectivity index (χ0v) is 17.9. The number of piperidine rings is 1. The summed E-state index contributed by atoms with van der Waals surface area (Å²) in [6.45, 7) is 3.39. The molecule has 8 heteroatoms. The Balaban J connectivity index is 1.21. The highest BCUT2D eigenvalue weighted by Crippen LogP contribution is 2.28. The number of nitrogens with zero attached hydrogens (tertiary/aromatic N) is 4. The van der Waals surface area contributed by atoms with E-state index >= 15 is 0 Å². The van der Waals surface area contributed by atoms with Gasteiger partial charge in [-0.3, -0.25) is 15.0 Å². The molecule has 2 aliphatic heterocycles. The van der Waals surface area contributed by atoms with E-state index in [-0.39, 0.29) is 17.9 Å². The summed E-state index contributed by atoms with van der Waals surface area (Å²) in [6, 6.07) is 10.8. The third-order valence-electron chi connectivity index (χ3n) is 6.36. The number of hydrogen-bond donors (Lipinski definition) is 2. The summed E-state index contributed by atoms with van der Waals surface area (Å²) < 4.78 is 14.0. The van der Waals surface area contributed by atoms with Gasteiger partial charge < -0.3 is 10.2 Å². The van der Waals surface area contributed by atoms with Gasteiger partial charge >= 0.3 is 6.03 Å². The van der Waals surface area contributed by atoms with Gasteiger partial charge in [-0.05, 0) is 37.6 Å². The first-order chi connectivity index (χ1) is 15.7. The van der Waals surface area contributed by atoms with Gasteiger partial charge in [0.25, 0.3) is 0 Å². The van der Waals surface area contributed by atoms with Gasteiger partial charge in [-0.25, -0.2) is 9.18 Å². The Kier molecular flexibility index (Phi) is 5.85. The standard InChI is InChI=1S/C24H27FN6O/c25-21-6-2-1-4-18(21)14-30-12-3-5-19(15-30)27-24(32)31-13-9-22-20(16-31)23(29-28-22)17-7-10-26-11-8-17/h1-2,4,6-8,10-11,19H,3,5,9,12-16H2,(H,27,32)(H,28,29). The van der Waals surface area contributed by atoms with Gasteiger partial charge in [0.1, 0.15) is 5.82 Å². The summed E-state index contributed by atoms with van der Waals surface area (Å²) in [5.41, 5.74) is 4.74. The van der Waals surface area contributed by atoms with Gasteiger partial charge in [0, 0.05) is 66.9 Å². The largest absolute Gasteiger partial charge is 0.334 e. The van der Waals surface area contributed by atoms with E-state index in [2.05, 4.69) is 25.4 Å². The molecule has 1 aromatic carbocycles. The lowest BCUT2D eigenvalue weighted by molar-refractivity contribution is 0.159. The molecule has 0 aliphatic carbocycles. The van der Waals surface area contributed by atoms with Crippen LogP contribution in [0.2, 0.25) is 0 Å². The van der Waals surface area contributed by atoms with Crippen LogP contribution in [0.3, 0.4) is 0 Å². The predicted molar refractivity (Wildman–Crippen MR) is 119 cm³/mol. The maximum absolute atomic E-state index is 14.0. The van der Waals surface area contributed by atoms with E-state index in [0.29, 0.717) is 25.2 Å². The van der Waals surface area contributed by atoms with Crippen LogP contribution in [0.4, 0.5) is 9.18 Å². The number of aromatic amines is 1. The minimum atomic E-state index is -0.173. The van der Waals surface area contributed by atoms with Crippen molar-refractivity contribution in [1.29, 1.82) is 0 Å². The Labute approximate surface area is 186 Å². The molecular weight excluding hydrogens is 407 g/mol. The number of carbonyl (C=O) groups excluding carboxylic acids is 1. The van der Waals surface area contributed by atoms with E-state index in [1.54, 1.807) is 18.5 Å². The Hall–Kier alpha value is -3.26. The molecule has 0 saturated carbocycles. The number of pyridine rings is 1. The lowest BCUT2D eigenvalue weighted by atomic mass is 10.0. The minimum absolute atomic E-state index is 0.0460. The molecule has 166 valence electrons. The van der Waals surface area contributed by atoms with Crippen LogP contribution >= 0.6 is 0 Å². The second-order valence-corrected chi connectivity index (χ2v) is 8.55. The van der Waals surface area contributed by atoms with E-state index < -0.39 is 0 Å². The van der Waals surface area contributed by atoms with Crippen LogP contribution in [0.1, 0.15) is 29.7 Å². The van der Waals surface area contributed by atoms with Crippen molar-refractivity contribution in [3.05, 3.63) is 71.4 Å². The summed E-state index contributed by atoms with van der Waals surface area (Å²) in [6.07, 6.45) is 6.18. The van der Waals surface area contributed by atoms with E-state index in [1.807, 2.05) is 29.2 Å². The van der Waals surface area contributed by atoms with Crippen LogP contribution in [0.5, 0.6) is 0 Å². The summed E-state index contributed by atoms with van der Waals surface area (Å²) in [5.74, 6) is -0.173. The summed E-state index contributed by atoms with van der Waals surface area (Å²) in [7, 11) is 0. The van der Waals surface area contributed by atoms with Crippen molar-refractivity contribution in [2.75, 3.05) is 19.6 Å². The molecule has 2 aliphatic rings. The molecule has 0 spiro atoms. The predicted octanol–water partition coefficient (Wildman–Crippen LogP) is 3.34. The van der Waals surface area contributed by atoms with Crippen molar-refractivity contribution in [2.45, 2.75) is 38.4 Å². The van der Waals surface area contributed by atoms with Crippen molar-refractivity contribution in [3.63, 3.8) is 0 Å². The summed E-state index contributed by atoms with van der Waals surface area (Å²) in [4.78, 5) is 21.2. The normalized spacial score (nSPS) is 18.9. The fourth-order valence-electron chi connectivity index (χ4n) is 4.67. The van der Waals surface area contributed by atoms with E-state index in [4.69, 9.17) is 0 Å². The van der Waals surface area contributed by atoms with Crippen LogP contribution < -0.4 is 5.32 Å². The fourth-order valence-corrected chi connectivity index (χ4v) is 4.67. The summed E-state index contributed by atoms with van der Waals surface area (Å²) in [5, 5.41) is 10.8. The highest BCUT2D eigenvalue weighted by molar-refractivity contribution is 5.75. The molecule has 3 aromatic rings. The second kappa shape index (κ2) is 9.08. The number of halogens is 1. The maximum atomic E-state index is 14.0. The minimum Gasteiger partial charge on any atom is -0.334 e. The van der Waals surface area contributed by atoms with Gasteiger partial charge in [-0.1, -0.05) is 18.2 Å². The van der Waals surface area contributed by atoms with Gasteiger partial charge in [-0.15, -0.1) is 0 Å². The molecule has 1 fully saturated rings. The van der Waals surface area contributed by atoms with Gasteiger partial charge in [-0.2, -0.15) is 5.10 Å². The number of rotatable bonds is 4. The topological polar surface area (TPSA) is 77.2 Å². The van der Waals surface area contributed by atoms with Gasteiger partial charge in [0.15, 0.2) is 0 Å². The van der Waals surface area contributed by atoms with E-state index in [9.17, 15) is 9.18 Å². The van der Waals surface area contributed by atoms with Crippen molar-refractivity contribution < 1.29 is 9.18 Å². The van der Waals surface area contributed by atoms with Crippen LogP contribution in [-0.4, -0.2) is 56.7 Å². The summed E-state index contributed by atoms with van der Waals surface area (Å²) >= 11 is 0. The monoisotopic (exact) mass is 434 g/mol. The number of aromatic nitrogens is 3. The molecule has 0 bridgehead atoms. The number of amides is 2. The first-order valence-electron chi connectivity index (χ1n) is 11.1. The SMILES string of the molecule is O=C(NC1CCCN(Cc2ccccc2F)C1)N1CCc2[nH]nc(-c3ccncc3)c2C1. The van der Waals surface area contributed by atoms with Crippen molar-refractivity contribution in [1.82, 2.24) is 30.3 Å². The number of H-pyrrole nitrogens is 1. The van der Waals surface area contributed by atoms with Crippen LogP contribution in [0.25, 0.3) is 11.3 Å². The highest BCUT2D eigenvalue weighted by Gasteiger charge is 2.28. The maximum Gasteiger partial charge on any atom is 0.317 e.